The third-order valence-electron chi connectivity index (χ3n) is 9.86. The van der Waals surface area contributed by atoms with Gasteiger partial charge in [0, 0.05) is 50.1 Å². The number of aryl methyl sites for hydroxylation is 1. The van der Waals surface area contributed by atoms with Crippen molar-refractivity contribution in [2.45, 2.75) is 38.1 Å². The van der Waals surface area contributed by atoms with Crippen LogP contribution >= 0.6 is 0 Å². The normalized spacial score (nSPS) is 23.2. The Kier molecular flexibility index (Phi) is 6.36. The fourth-order valence-corrected chi connectivity index (χ4v) is 7.81. The highest BCUT2D eigenvalue weighted by Gasteiger charge is 2.46. The number of nitrogens with one attached hydrogen (secondary N) is 1. The molecule has 2 aromatic carbocycles. The second-order valence-electron chi connectivity index (χ2n) is 12.6. The molecular formula is C34H34F2N6O2. The van der Waals surface area contributed by atoms with Crippen molar-refractivity contribution in [3.63, 3.8) is 0 Å². The number of ether oxygens (including phenoxy) is 1. The second kappa shape index (κ2) is 10.2. The molecule has 2 unspecified atom stereocenters. The van der Waals surface area contributed by atoms with Crippen LogP contribution in [-0.2, 0) is 6.42 Å². The van der Waals surface area contributed by atoms with Gasteiger partial charge in [0.15, 0.2) is 5.82 Å². The summed E-state index contributed by atoms with van der Waals surface area (Å²) < 4.78 is 38.1. The average molecular weight is 597 g/mol. The molecule has 10 heteroatoms. The van der Waals surface area contributed by atoms with Crippen molar-refractivity contribution >= 4 is 27.5 Å². The van der Waals surface area contributed by atoms with Gasteiger partial charge >= 0.3 is 6.01 Å². The van der Waals surface area contributed by atoms with E-state index in [0.717, 1.165) is 45.4 Å². The summed E-state index contributed by atoms with van der Waals surface area (Å²) in [6.45, 7) is 10.7. The van der Waals surface area contributed by atoms with E-state index >= 15 is 4.39 Å². The van der Waals surface area contributed by atoms with E-state index < -0.39 is 5.82 Å². The molecule has 2 N–H and O–H groups in total. The molecule has 8 rings (SSSR count). The third kappa shape index (κ3) is 4.26. The van der Waals surface area contributed by atoms with Gasteiger partial charge in [0.2, 0.25) is 0 Å². The lowest BCUT2D eigenvalue weighted by atomic mass is 9.94. The first-order valence-electron chi connectivity index (χ1n) is 15.4. The first kappa shape index (κ1) is 27.4. The van der Waals surface area contributed by atoms with Gasteiger partial charge in [-0.3, -0.25) is 9.88 Å². The number of anilines is 1. The van der Waals surface area contributed by atoms with E-state index in [1.54, 1.807) is 18.3 Å². The second-order valence-corrected chi connectivity index (χ2v) is 12.6. The summed E-state index contributed by atoms with van der Waals surface area (Å²) in [6, 6.07) is 6.07. The maximum absolute atomic E-state index is 16.8. The molecular weight excluding hydrogens is 562 g/mol. The first-order valence-corrected chi connectivity index (χ1v) is 15.4. The standard InChI is InChI=1S/C34H34F2N6O2/c1-3-24-27(35)6-5-20-9-23(43)10-25(28(20)24)30-29(36)31-26(14-38-30)32(41-16-21-12-37-13-22(21)17-41)40-33(39-31)44-18-34-7-4-8-42(34)15-19(2)11-34/h5-6,9-10,14,16,22,37,43H,2-4,7-8,11-13,15,17-18H2,1H3. The van der Waals surface area contributed by atoms with Crippen LogP contribution in [0.3, 0.4) is 0 Å². The minimum Gasteiger partial charge on any atom is -0.508 e. The molecule has 0 bridgehead atoms. The first-order chi connectivity index (χ1) is 21.3. The number of phenols is 1. The number of benzene rings is 2. The van der Waals surface area contributed by atoms with Gasteiger partial charge in [-0.15, -0.1) is 0 Å². The molecule has 0 amide bonds. The molecule has 2 atom stereocenters. The summed E-state index contributed by atoms with van der Waals surface area (Å²) in [5.41, 5.74) is 3.15. The molecule has 0 spiro atoms. The summed E-state index contributed by atoms with van der Waals surface area (Å²) in [6.07, 6.45) is 7.02. The van der Waals surface area contributed by atoms with Crippen LogP contribution in [0.15, 0.2) is 54.4 Å². The number of phenolic OH excluding ortho intramolecular Hbond substituents is 1. The molecule has 44 heavy (non-hydrogen) atoms. The van der Waals surface area contributed by atoms with Crippen molar-refractivity contribution in [3.05, 3.63) is 71.6 Å². The Morgan fingerprint density at radius 1 is 1.23 bits per heavy atom. The van der Waals surface area contributed by atoms with E-state index in [4.69, 9.17) is 9.72 Å². The SMILES string of the molecule is C=C1CN2CCCC2(COc2nc(N3C=C4CNCC4C3)c3cnc(-c4cc(O)cc5ccc(F)c(CC)c45)c(F)c3n2)C1. The lowest BCUT2D eigenvalue weighted by molar-refractivity contribution is 0.108. The number of pyridine rings is 1. The van der Waals surface area contributed by atoms with E-state index in [1.807, 2.05) is 11.8 Å². The Labute approximate surface area is 254 Å². The van der Waals surface area contributed by atoms with Crippen molar-refractivity contribution in [2.75, 3.05) is 44.2 Å². The quantitative estimate of drug-likeness (QED) is 0.283. The zero-order chi connectivity index (χ0) is 30.2. The maximum Gasteiger partial charge on any atom is 0.319 e. The number of hydrogen-bond acceptors (Lipinski definition) is 8. The Bertz CT molecular complexity index is 1890. The summed E-state index contributed by atoms with van der Waals surface area (Å²) in [4.78, 5) is 18.5. The van der Waals surface area contributed by atoms with E-state index in [0.29, 0.717) is 58.6 Å². The fraction of sp³-hybridized carbons (Fsp3) is 0.382. The predicted molar refractivity (Wildman–Crippen MR) is 166 cm³/mol. The Morgan fingerprint density at radius 3 is 2.95 bits per heavy atom. The van der Waals surface area contributed by atoms with E-state index in [9.17, 15) is 9.50 Å². The minimum absolute atomic E-state index is 0.0113. The van der Waals surface area contributed by atoms with Crippen LogP contribution in [0.2, 0.25) is 0 Å². The van der Waals surface area contributed by atoms with Crippen molar-refractivity contribution in [1.29, 1.82) is 0 Å². The molecule has 0 saturated carbocycles. The summed E-state index contributed by atoms with van der Waals surface area (Å²) in [7, 11) is 0. The molecule has 4 aromatic rings. The lowest BCUT2D eigenvalue weighted by Gasteiger charge is -2.31. The van der Waals surface area contributed by atoms with Gasteiger partial charge in [0.05, 0.1) is 10.9 Å². The van der Waals surface area contributed by atoms with Crippen LogP contribution < -0.4 is 15.0 Å². The zero-order valence-corrected chi connectivity index (χ0v) is 24.7. The Hall–Kier alpha value is -4.15. The molecule has 2 aromatic heterocycles. The van der Waals surface area contributed by atoms with Crippen LogP contribution in [0.5, 0.6) is 11.8 Å². The number of aromatic nitrogens is 3. The van der Waals surface area contributed by atoms with Gasteiger partial charge in [0.1, 0.15) is 35.2 Å². The smallest absolute Gasteiger partial charge is 0.319 e. The predicted octanol–water partition coefficient (Wildman–Crippen LogP) is 5.49. The maximum atomic E-state index is 16.8. The van der Waals surface area contributed by atoms with Crippen LogP contribution in [0, 0.1) is 17.6 Å². The molecule has 3 saturated heterocycles. The third-order valence-corrected chi connectivity index (χ3v) is 9.86. The highest BCUT2D eigenvalue weighted by molar-refractivity contribution is 6.01. The monoisotopic (exact) mass is 596 g/mol. The zero-order valence-electron chi connectivity index (χ0n) is 24.7. The summed E-state index contributed by atoms with van der Waals surface area (Å²) in [5.74, 6) is -0.207. The summed E-state index contributed by atoms with van der Waals surface area (Å²) >= 11 is 0. The topological polar surface area (TPSA) is 86.6 Å². The van der Waals surface area contributed by atoms with Gasteiger partial charge in [-0.05, 0) is 72.3 Å². The van der Waals surface area contributed by atoms with Crippen LogP contribution in [-0.4, -0.2) is 69.8 Å². The van der Waals surface area contributed by atoms with Gasteiger partial charge in [-0.2, -0.15) is 9.97 Å². The molecule has 0 radical (unpaired) electrons. The highest BCUT2D eigenvalue weighted by atomic mass is 19.1. The van der Waals surface area contributed by atoms with Crippen molar-refractivity contribution in [1.82, 2.24) is 25.2 Å². The van der Waals surface area contributed by atoms with Gasteiger partial charge in [-0.25, -0.2) is 8.78 Å². The average Bonchev–Trinajstić information content (AvgIpc) is 3.77. The van der Waals surface area contributed by atoms with E-state index in [-0.39, 0.29) is 34.3 Å². The molecule has 4 aliphatic heterocycles. The van der Waals surface area contributed by atoms with Crippen LogP contribution in [0.4, 0.5) is 14.6 Å². The molecule has 6 heterocycles. The largest absolute Gasteiger partial charge is 0.508 e. The minimum atomic E-state index is -0.669. The molecule has 8 nitrogen and oxygen atoms in total. The van der Waals surface area contributed by atoms with Gasteiger partial charge < -0.3 is 20.1 Å². The fourth-order valence-electron chi connectivity index (χ4n) is 7.81. The Balaban J connectivity index is 1.28. The van der Waals surface area contributed by atoms with Crippen molar-refractivity contribution in [2.24, 2.45) is 5.92 Å². The van der Waals surface area contributed by atoms with E-state index in [1.165, 1.54) is 23.3 Å². The summed E-state index contributed by atoms with van der Waals surface area (Å²) in [5, 5.41) is 15.6. The number of rotatable bonds is 6. The van der Waals surface area contributed by atoms with Crippen molar-refractivity contribution < 1.29 is 18.6 Å². The number of fused-ring (bicyclic) bond motifs is 4. The lowest BCUT2D eigenvalue weighted by Crippen LogP contribution is -2.43. The van der Waals surface area contributed by atoms with Gasteiger partial charge in [0.25, 0.3) is 0 Å². The van der Waals surface area contributed by atoms with E-state index in [2.05, 4.69) is 33.0 Å². The number of halogens is 2. The van der Waals surface area contributed by atoms with Gasteiger partial charge in [-0.1, -0.05) is 25.1 Å². The number of aromatic hydroxyl groups is 1. The molecule has 226 valence electrons. The number of nitrogens with zero attached hydrogens (tertiary/aromatic N) is 5. The molecule has 0 aliphatic carbocycles. The van der Waals surface area contributed by atoms with Crippen LogP contribution in [0.25, 0.3) is 32.9 Å². The number of hydrogen-bond donors (Lipinski definition) is 2. The Morgan fingerprint density at radius 2 is 2.11 bits per heavy atom. The molecule has 4 aliphatic rings. The molecule has 3 fully saturated rings. The van der Waals surface area contributed by atoms with Crippen LogP contribution in [0.1, 0.15) is 31.7 Å². The highest BCUT2D eigenvalue weighted by Crippen LogP contribution is 2.42. The van der Waals surface area contributed by atoms with Crippen molar-refractivity contribution in [3.8, 4) is 23.0 Å².